The highest BCUT2D eigenvalue weighted by atomic mass is 79.9. The Hall–Kier alpha value is -2.81. The van der Waals surface area contributed by atoms with E-state index in [0.717, 1.165) is 10.0 Å². The number of rotatable bonds is 4. The molecule has 0 aliphatic rings. The number of carbonyl (C=O) groups is 1. The van der Waals surface area contributed by atoms with Crippen LogP contribution in [0.3, 0.4) is 0 Å². The zero-order chi connectivity index (χ0) is 18.5. The van der Waals surface area contributed by atoms with Crippen molar-refractivity contribution in [2.45, 2.75) is 0 Å². The van der Waals surface area contributed by atoms with E-state index in [1.54, 1.807) is 48.5 Å². The standard InChI is InChI=1S/C20H12BrClN2O2/c21-15-3-7-17(8-4-15)24-20(25)14(12-23)11-18-9-10-19(26-18)13-1-5-16(22)6-2-13/h1-11H,(H,24,25)/b14-11-. The van der Waals surface area contributed by atoms with E-state index < -0.39 is 5.91 Å². The molecule has 0 saturated carbocycles. The Labute approximate surface area is 163 Å². The summed E-state index contributed by atoms with van der Waals surface area (Å²) < 4.78 is 6.60. The number of anilines is 1. The predicted molar refractivity (Wildman–Crippen MR) is 106 cm³/mol. The minimum atomic E-state index is -0.501. The van der Waals surface area contributed by atoms with Gasteiger partial charge in [0.2, 0.25) is 0 Å². The van der Waals surface area contributed by atoms with Gasteiger partial charge < -0.3 is 9.73 Å². The van der Waals surface area contributed by atoms with Gasteiger partial charge in [-0.05, 0) is 60.7 Å². The molecule has 2 aromatic carbocycles. The van der Waals surface area contributed by atoms with Crippen molar-refractivity contribution in [3.05, 3.63) is 81.5 Å². The fourth-order valence-corrected chi connectivity index (χ4v) is 2.61. The van der Waals surface area contributed by atoms with Crippen LogP contribution in [0.1, 0.15) is 5.76 Å². The summed E-state index contributed by atoms with van der Waals surface area (Å²) in [6.07, 6.45) is 1.41. The number of amides is 1. The molecule has 128 valence electrons. The van der Waals surface area contributed by atoms with Crippen LogP contribution in [0.5, 0.6) is 0 Å². The molecule has 1 aromatic heterocycles. The van der Waals surface area contributed by atoms with E-state index in [-0.39, 0.29) is 5.57 Å². The SMILES string of the molecule is N#C/C(=C/c1ccc(-c2ccc(Cl)cc2)o1)C(=O)Nc1ccc(Br)cc1. The average Bonchev–Trinajstić information content (AvgIpc) is 3.11. The highest BCUT2D eigenvalue weighted by Gasteiger charge is 2.11. The van der Waals surface area contributed by atoms with Crippen LogP contribution in [-0.4, -0.2) is 5.91 Å². The third kappa shape index (κ3) is 4.42. The maximum atomic E-state index is 12.3. The first-order chi connectivity index (χ1) is 12.5. The summed E-state index contributed by atoms with van der Waals surface area (Å²) in [7, 11) is 0. The zero-order valence-corrected chi connectivity index (χ0v) is 15.7. The summed E-state index contributed by atoms with van der Waals surface area (Å²) in [6.45, 7) is 0. The molecule has 1 N–H and O–H groups in total. The maximum absolute atomic E-state index is 12.3. The monoisotopic (exact) mass is 426 g/mol. The van der Waals surface area contributed by atoms with Gasteiger partial charge >= 0.3 is 0 Å². The van der Waals surface area contributed by atoms with Crippen molar-refractivity contribution in [2.24, 2.45) is 0 Å². The van der Waals surface area contributed by atoms with Gasteiger partial charge in [0.15, 0.2) is 0 Å². The van der Waals surface area contributed by atoms with Crippen molar-refractivity contribution >= 4 is 45.2 Å². The van der Waals surface area contributed by atoms with Crippen LogP contribution in [0.4, 0.5) is 5.69 Å². The minimum absolute atomic E-state index is 0.0510. The number of hydrogen-bond acceptors (Lipinski definition) is 3. The molecule has 0 saturated heterocycles. The lowest BCUT2D eigenvalue weighted by Gasteiger charge is -2.03. The first kappa shape index (κ1) is 18.0. The molecule has 0 atom stereocenters. The minimum Gasteiger partial charge on any atom is -0.457 e. The van der Waals surface area contributed by atoms with Crippen LogP contribution in [-0.2, 0) is 4.79 Å². The molecule has 1 amide bonds. The molecule has 3 aromatic rings. The van der Waals surface area contributed by atoms with Gasteiger partial charge in [-0.3, -0.25) is 4.79 Å². The van der Waals surface area contributed by atoms with Gasteiger partial charge in [0, 0.05) is 26.8 Å². The molecular weight excluding hydrogens is 416 g/mol. The smallest absolute Gasteiger partial charge is 0.266 e. The van der Waals surface area contributed by atoms with Gasteiger partial charge in [-0.25, -0.2) is 0 Å². The second-order valence-electron chi connectivity index (χ2n) is 5.34. The number of nitrogens with one attached hydrogen (secondary N) is 1. The predicted octanol–water partition coefficient (Wildman–Crippen LogP) is 5.91. The number of halogens is 2. The molecule has 1 heterocycles. The highest BCUT2D eigenvalue weighted by Crippen LogP contribution is 2.25. The van der Waals surface area contributed by atoms with E-state index in [4.69, 9.17) is 16.0 Å². The molecule has 0 fully saturated rings. The van der Waals surface area contributed by atoms with Crippen molar-refractivity contribution in [3.63, 3.8) is 0 Å². The lowest BCUT2D eigenvalue weighted by molar-refractivity contribution is -0.112. The van der Waals surface area contributed by atoms with E-state index in [0.29, 0.717) is 22.2 Å². The summed E-state index contributed by atoms with van der Waals surface area (Å²) >= 11 is 9.21. The fourth-order valence-electron chi connectivity index (χ4n) is 2.22. The number of carbonyl (C=O) groups excluding carboxylic acids is 1. The van der Waals surface area contributed by atoms with Gasteiger partial charge in [0.25, 0.3) is 5.91 Å². The van der Waals surface area contributed by atoms with Crippen molar-refractivity contribution < 1.29 is 9.21 Å². The molecule has 3 rings (SSSR count). The Morgan fingerprint density at radius 3 is 2.42 bits per heavy atom. The lowest BCUT2D eigenvalue weighted by atomic mass is 10.2. The van der Waals surface area contributed by atoms with Gasteiger partial charge in [-0.1, -0.05) is 27.5 Å². The van der Waals surface area contributed by atoms with E-state index in [2.05, 4.69) is 21.2 Å². The maximum Gasteiger partial charge on any atom is 0.266 e. The molecule has 0 spiro atoms. The molecule has 0 aliphatic heterocycles. The molecular formula is C20H12BrClN2O2. The Morgan fingerprint density at radius 1 is 1.08 bits per heavy atom. The van der Waals surface area contributed by atoms with Crippen LogP contribution in [0.25, 0.3) is 17.4 Å². The van der Waals surface area contributed by atoms with E-state index in [1.807, 2.05) is 18.2 Å². The molecule has 26 heavy (non-hydrogen) atoms. The van der Waals surface area contributed by atoms with Crippen molar-refractivity contribution in [1.29, 1.82) is 5.26 Å². The lowest BCUT2D eigenvalue weighted by Crippen LogP contribution is -2.13. The normalized spacial score (nSPS) is 11.0. The number of nitriles is 1. The van der Waals surface area contributed by atoms with Gasteiger partial charge in [0.05, 0.1) is 0 Å². The Balaban J connectivity index is 1.78. The van der Waals surface area contributed by atoms with E-state index in [9.17, 15) is 10.1 Å². The highest BCUT2D eigenvalue weighted by molar-refractivity contribution is 9.10. The van der Waals surface area contributed by atoms with Crippen LogP contribution in [0.15, 0.2) is 75.1 Å². The van der Waals surface area contributed by atoms with Crippen LogP contribution in [0.2, 0.25) is 5.02 Å². The first-order valence-electron chi connectivity index (χ1n) is 7.59. The van der Waals surface area contributed by atoms with Crippen molar-refractivity contribution in [3.8, 4) is 17.4 Å². The Bertz CT molecular complexity index is 1000. The zero-order valence-electron chi connectivity index (χ0n) is 13.4. The van der Waals surface area contributed by atoms with E-state index in [1.165, 1.54) is 6.08 Å². The van der Waals surface area contributed by atoms with Crippen LogP contribution in [0, 0.1) is 11.3 Å². The summed E-state index contributed by atoms with van der Waals surface area (Å²) in [5.41, 5.74) is 1.40. The molecule has 0 aliphatic carbocycles. The van der Waals surface area contributed by atoms with Gasteiger partial charge in [-0.15, -0.1) is 0 Å². The quantitative estimate of drug-likeness (QED) is 0.416. The van der Waals surface area contributed by atoms with Crippen molar-refractivity contribution in [1.82, 2.24) is 0 Å². The van der Waals surface area contributed by atoms with Crippen molar-refractivity contribution in [2.75, 3.05) is 5.32 Å². The molecule has 4 nitrogen and oxygen atoms in total. The number of nitrogens with zero attached hydrogens (tertiary/aromatic N) is 1. The number of benzene rings is 2. The van der Waals surface area contributed by atoms with Gasteiger partial charge in [-0.2, -0.15) is 5.26 Å². The second kappa shape index (κ2) is 8.05. The first-order valence-corrected chi connectivity index (χ1v) is 8.77. The summed E-state index contributed by atoms with van der Waals surface area (Å²) in [6, 6.07) is 19.7. The van der Waals surface area contributed by atoms with E-state index >= 15 is 0 Å². The Morgan fingerprint density at radius 2 is 1.77 bits per heavy atom. The van der Waals surface area contributed by atoms with Crippen LogP contribution >= 0.6 is 27.5 Å². The molecule has 0 bridgehead atoms. The average molecular weight is 428 g/mol. The van der Waals surface area contributed by atoms with Crippen LogP contribution < -0.4 is 5.32 Å². The Kier molecular flexibility index (Phi) is 5.57. The summed E-state index contributed by atoms with van der Waals surface area (Å²) in [5, 5.41) is 12.6. The topological polar surface area (TPSA) is 66.0 Å². The molecule has 6 heteroatoms. The number of furan rings is 1. The fraction of sp³-hybridized carbons (Fsp3) is 0. The molecule has 0 radical (unpaired) electrons. The second-order valence-corrected chi connectivity index (χ2v) is 6.69. The number of hydrogen-bond donors (Lipinski definition) is 1. The third-order valence-corrected chi connectivity index (χ3v) is 4.29. The third-order valence-electron chi connectivity index (χ3n) is 3.51. The summed E-state index contributed by atoms with van der Waals surface area (Å²) in [4.78, 5) is 12.3. The van der Waals surface area contributed by atoms with Gasteiger partial charge in [0.1, 0.15) is 23.2 Å². The molecule has 0 unspecified atom stereocenters. The largest absolute Gasteiger partial charge is 0.457 e. The summed E-state index contributed by atoms with van der Waals surface area (Å²) in [5.74, 6) is 0.537.